The van der Waals surface area contributed by atoms with E-state index in [1.807, 2.05) is 18.2 Å². The van der Waals surface area contributed by atoms with E-state index < -0.39 is 5.91 Å². The number of hydrogen-bond acceptors (Lipinski definition) is 1. The minimum absolute atomic E-state index is 0.279. The van der Waals surface area contributed by atoms with Gasteiger partial charge in [-0.2, -0.15) is 0 Å². The fourth-order valence-electron chi connectivity index (χ4n) is 4.03. The molecule has 0 fully saturated rings. The average molecular weight is 466 g/mol. The lowest BCUT2D eigenvalue weighted by Crippen LogP contribution is -2.11. The Bertz CT molecular complexity index is 1250. The third-order valence-electron chi connectivity index (χ3n) is 5.52. The highest BCUT2D eigenvalue weighted by atomic mass is 79.9. The lowest BCUT2D eigenvalue weighted by molar-refractivity contribution is 0.100. The third kappa shape index (κ3) is 3.86. The summed E-state index contributed by atoms with van der Waals surface area (Å²) in [6, 6.07) is 17.8. The number of aromatic nitrogens is 1. The Morgan fingerprint density at radius 3 is 2.77 bits per heavy atom. The molecule has 5 heteroatoms. The molecule has 0 aliphatic heterocycles. The van der Waals surface area contributed by atoms with Crippen LogP contribution in [0.5, 0.6) is 0 Å². The summed E-state index contributed by atoms with van der Waals surface area (Å²) >= 11 is 3.54. The van der Waals surface area contributed by atoms with Crippen LogP contribution in [0.4, 0.5) is 4.39 Å². The SMILES string of the molecule is CCCCCc1c[c]c2c3c(C(N)=O)cccc3n(Cc3cc(F)ccc3Br)c2c1. The number of aryl methyl sites for hydroxylation is 1. The summed E-state index contributed by atoms with van der Waals surface area (Å²) in [4.78, 5) is 12.1. The van der Waals surface area contributed by atoms with Crippen LogP contribution in [0.15, 0.2) is 53.0 Å². The fourth-order valence-corrected chi connectivity index (χ4v) is 4.40. The molecule has 0 unspecified atom stereocenters. The van der Waals surface area contributed by atoms with Crippen molar-refractivity contribution in [2.24, 2.45) is 5.73 Å². The molecule has 153 valence electrons. The Hall–Kier alpha value is -2.66. The normalized spacial score (nSPS) is 11.4. The van der Waals surface area contributed by atoms with Gasteiger partial charge in [0.05, 0.1) is 11.0 Å². The van der Waals surface area contributed by atoms with Crippen molar-refractivity contribution in [2.75, 3.05) is 0 Å². The van der Waals surface area contributed by atoms with Crippen LogP contribution in [-0.4, -0.2) is 10.5 Å². The molecular weight excluding hydrogens is 443 g/mol. The number of carbonyl (C=O) groups is 1. The molecule has 4 rings (SSSR count). The zero-order valence-electron chi connectivity index (χ0n) is 16.8. The van der Waals surface area contributed by atoms with E-state index in [-0.39, 0.29) is 5.82 Å². The zero-order valence-corrected chi connectivity index (χ0v) is 18.4. The first-order valence-corrected chi connectivity index (χ1v) is 11.0. The number of hydrogen-bond donors (Lipinski definition) is 1. The van der Waals surface area contributed by atoms with E-state index in [0.717, 1.165) is 44.7 Å². The van der Waals surface area contributed by atoms with E-state index >= 15 is 0 Å². The van der Waals surface area contributed by atoms with E-state index in [4.69, 9.17) is 5.73 Å². The number of halogens is 2. The molecule has 0 bridgehead atoms. The van der Waals surface area contributed by atoms with Crippen molar-refractivity contribution in [2.45, 2.75) is 39.2 Å². The summed E-state index contributed by atoms with van der Waals surface area (Å²) in [6.45, 7) is 2.65. The molecule has 0 aliphatic carbocycles. The third-order valence-corrected chi connectivity index (χ3v) is 6.30. The van der Waals surface area contributed by atoms with Crippen LogP contribution in [0.3, 0.4) is 0 Å². The minimum atomic E-state index is -0.466. The highest BCUT2D eigenvalue weighted by Gasteiger charge is 2.18. The second-order valence-corrected chi connectivity index (χ2v) is 8.47. The second kappa shape index (κ2) is 8.60. The smallest absolute Gasteiger partial charge is 0.249 e. The van der Waals surface area contributed by atoms with Gasteiger partial charge in [0.25, 0.3) is 0 Å². The van der Waals surface area contributed by atoms with E-state index in [0.29, 0.717) is 12.1 Å². The molecule has 4 aromatic rings. The monoisotopic (exact) mass is 465 g/mol. The molecule has 0 saturated carbocycles. The molecule has 1 aromatic heterocycles. The molecule has 0 saturated heterocycles. The predicted octanol–water partition coefficient (Wildman–Crippen LogP) is 6.38. The van der Waals surface area contributed by atoms with Gasteiger partial charge in [0.1, 0.15) is 5.82 Å². The number of rotatable bonds is 7. The van der Waals surface area contributed by atoms with Crippen molar-refractivity contribution in [1.82, 2.24) is 4.57 Å². The Morgan fingerprint density at radius 2 is 2.00 bits per heavy atom. The standard InChI is InChI=1S/C25H23BrFN2O/c1-2-3-4-6-16-9-11-19-23(13-16)29(15-17-14-18(27)10-12-21(17)26)22-8-5-7-20(24(19)22)25(28)30/h5,7-10,12-14H,2-4,6,15H2,1H3,(H2,28,30). The van der Waals surface area contributed by atoms with Gasteiger partial charge in [-0.15, -0.1) is 0 Å². The van der Waals surface area contributed by atoms with Crippen molar-refractivity contribution in [1.29, 1.82) is 0 Å². The number of amides is 1. The van der Waals surface area contributed by atoms with Crippen molar-refractivity contribution >= 4 is 43.6 Å². The second-order valence-electron chi connectivity index (χ2n) is 7.61. The number of nitrogens with zero attached hydrogens (tertiary/aromatic N) is 1. The van der Waals surface area contributed by atoms with Crippen molar-refractivity contribution in [3.05, 3.63) is 81.6 Å². The van der Waals surface area contributed by atoms with Crippen LogP contribution in [0.25, 0.3) is 21.8 Å². The van der Waals surface area contributed by atoms with Gasteiger partial charge in [-0.3, -0.25) is 4.79 Å². The number of unbranched alkanes of at least 4 members (excludes halogenated alkanes) is 2. The fraction of sp³-hybridized carbons (Fsp3) is 0.240. The van der Waals surface area contributed by atoms with Crippen molar-refractivity contribution in [3.8, 4) is 0 Å². The molecule has 1 amide bonds. The van der Waals surface area contributed by atoms with E-state index in [2.05, 4.69) is 39.6 Å². The summed E-state index contributed by atoms with van der Waals surface area (Å²) in [5.74, 6) is -0.745. The molecule has 0 aliphatic rings. The Morgan fingerprint density at radius 1 is 1.17 bits per heavy atom. The topological polar surface area (TPSA) is 48.0 Å². The Balaban J connectivity index is 1.94. The first kappa shape index (κ1) is 20.6. The van der Waals surface area contributed by atoms with Crippen molar-refractivity contribution < 1.29 is 9.18 Å². The number of primary amides is 1. The van der Waals surface area contributed by atoms with Gasteiger partial charge >= 0.3 is 0 Å². The summed E-state index contributed by atoms with van der Waals surface area (Å²) in [6.07, 6.45) is 4.46. The van der Waals surface area contributed by atoms with Crippen LogP contribution in [0.2, 0.25) is 0 Å². The highest BCUT2D eigenvalue weighted by Crippen LogP contribution is 2.34. The number of fused-ring (bicyclic) bond motifs is 3. The number of carbonyl (C=O) groups excluding carboxylic acids is 1. The van der Waals surface area contributed by atoms with Crippen LogP contribution >= 0.6 is 15.9 Å². The minimum Gasteiger partial charge on any atom is -0.366 e. The quantitative estimate of drug-likeness (QED) is 0.316. The van der Waals surface area contributed by atoms with Crippen LogP contribution in [-0.2, 0) is 13.0 Å². The first-order valence-electron chi connectivity index (χ1n) is 10.2. The van der Waals surface area contributed by atoms with Gasteiger partial charge in [0, 0.05) is 27.4 Å². The number of benzene rings is 3. The molecule has 30 heavy (non-hydrogen) atoms. The maximum atomic E-state index is 13.9. The highest BCUT2D eigenvalue weighted by molar-refractivity contribution is 9.10. The van der Waals surface area contributed by atoms with Crippen molar-refractivity contribution in [3.63, 3.8) is 0 Å². The summed E-state index contributed by atoms with van der Waals surface area (Å²) in [5, 5.41) is 1.67. The zero-order chi connectivity index (χ0) is 21.3. The van der Waals surface area contributed by atoms with E-state index in [1.54, 1.807) is 12.1 Å². The Kier molecular flexibility index (Phi) is 5.91. The van der Waals surface area contributed by atoms with Crippen LogP contribution in [0.1, 0.15) is 47.7 Å². The molecule has 2 N–H and O–H groups in total. The lowest BCUT2D eigenvalue weighted by atomic mass is 10.0. The van der Waals surface area contributed by atoms with Crippen LogP contribution < -0.4 is 5.73 Å². The number of nitrogens with two attached hydrogens (primary N) is 1. The average Bonchev–Trinajstić information content (AvgIpc) is 3.04. The summed E-state index contributed by atoms with van der Waals surface area (Å²) < 4.78 is 16.9. The molecular formula is C25H23BrFN2O. The van der Waals surface area contributed by atoms with E-state index in [9.17, 15) is 9.18 Å². The molecule has 0 atom stereocenters. The summed E-state index contributed by atoms with van der Waals surface area (Å²) in [5.41, 5.74) is 10.0. The van der Waals surface area contributed by atoms with Gasteiger partial charge in [0.15, 0.2) is 0 Å². The van der Waals surface area contributed by atoms with E-state index in [1.165, 1.54) is 30.5 Å². The molecule has 3 nitrogen and oxygen atoms in total. The lowest BCUT2D eigenvalue weighted by Gasteiger charge is -2.11. The Labute approximate surface area is 183 Å². The maximum Gasteiger partial charge on any atom is 0.249 e. The van der Waals surface area contributed by atoms with Gasteiger partial charge < -0.3 is 10.3 Å². The van der Waals surface area contributed by atoms with Crippen LogP contribution in [0, 0.1) is 11.9 Å². The molecule has 1 radical (unpaired) electrons. The van der Waals surface area contributed by atoms with Gasteiger partial charge in [-0.1, -0.05) is 47.8 Å². The molecule has 1 heterocycles. The summed E-state index contributed by atoms with van der Waals surface area (Å²) in [7, 11) is 0. The first-order chi connectivity index (χ1) is 14.5. The largest absolute Gasteiger partial charge is 0.366 e. The van der Waals surface area contributed by atoms with Gasteiger partial charge in [0.2, 0.25) is 5.91 Å². The predicted molar refractivity (Wildman–Crippen MR) is 123 cm³/mol. The molecule has 0 spiro atoms. The molecule has 3 aromatic carbocycles. The van der Waals surface area contributed by atoms with Gasteiger partial charge in [-0.05, 0) is 66.4 Å². The maximum absolute atomic E-state index is 13.9. The van der Waals surface area contributed by atoms with Gasteiger partial charge in [-0.25, -0.2) is 4.39 Å².